The minimum atomic E-state index is -1.01. The highest BCUT2D eigenvalue weighted by atomic mass is 16.1. The molecule has 0 saturated heterocycles. The summed E-state index contributed by atoms with van der Waals surface area (Å²) in [5.74, 6) is -0.299. The largest absolute Gasteiger partial charge is 0.289 e. The van der Waals surface area contributed by atoms with Crippen LogP contribution in [0, 0.1) is 10.8 Å². The second-order valence-corrected chi connectivity index (χ2v) is 18.0. The van der Waals surface area contributed by atoms with E-state index in [9.17, 15) is 0 Å². The molecule has 0 atom stereocenters. The van der Waals surface area contributed by atoms with Crippen LogP contribution in [0.3, 0.4) is 0 Å². The van der Waals surface area contributed by atoms with Crippen molar-refractivity contribution in [2.45, 2.75) is 52.4 Å². The second-order valence-electron chi connectivity index (χ2n) is 18.0. The molecule has 2 aliphatic rings. The molecule has 0 unspecified atom stereocenters. The SMILES string of the molecule is CC(C)(C)C1=C/C(=C2/C=C(C(c3ccccc3)(c3ccccc3)c3ccccc3)C=C(C(C)(C)C)C2=O)C(=O)C(C(c2ccccc2)(c2ccccc2)c2ccccc2)=C1. The lowest BCUT2D eigenvalue weighted by Gasteiger charge is -2.41. The number of carbonyl (C=O) groups is 2. The van der Waals surface area contributed by atoms with Gasteiger partial charge in [-0.2, -0.15) is 0 Å². The van der Waals surface area contributed by atoms with Crippen molar-refractivity contribution < 1.29 is 9.59 Å². The number of ketones is 2. The Morgan fingerprint density at radius 1 is 0.283 bits per heavy atom. The maximum absolute atomic E-state index is 16.2. The van der Waals surface area contributed by atoms with Crippen molar-refractivity contribution >= 4 is 11.6 Å². The molecule has 6 aromatic carbocycles. The zero-order valence-electron chi connectivity index (χ0n) is 35.4. The molecule has 0 spiro atoms. The van der Waals surface area contributed by atoms with E-state index in [0.717, 1.165) is 44.5 Å². The molecule has 2 nitrogen and oxygen atoms in total. The van der Waals surface area contributed by atoms with Gasteiger partial charge in [-0.05, 0) is 79.7 Å². The summed E-state index contributed by atoms with van der Waals surface area (Å²) in [4.78, 5) is 31.6. The average Bonchev–Trinajstić information content (AvgIpc) is 3.27. The number of hydrogen-bond donors (Lipinski definition) is 0. The lowest BCUT2D eigenvalue weighted by Crippen LogP contribution is -2.38. The highest BCUT2D eigenvalue weighted by molar-refractivity contribution is 6.23. The number of hydrogen-bond acceptors (Lipinski definition) is 2. The Morgan fingerprint density at radius 3 is 0.850 bits per heavy atom. The van der Waals surface area contributed by atoms with Crippen molar-refractivity contribution in [3.8, 4) is 0 Å². The van der Waals surface area contributed by atoms with Crippen LogP contribution >= 0.6 is 0 Å². The zero-order valence-corrected chi connectivity index (χ0v) is 35.4. The van der Waals surface area contributed by atoms with E-state index in [1.165, 1.54) is 0 Å². The molecule has 0 fully saturated rings. The summed E-state index contributed by atoms with van der Waals surface area (Å²) < 4.78 is 0. The summed E-state index contributed by atoms with van der Waals surface area (Å²) in [6.45, 7) is 12.8. The normalized spacial score (nSPS) is 16.4. The van der Waals surface area contributed by atoms with E-state index in [1.54, 1.807) is 0 Å². The smallest absolute Gasteiger partial charge is 0.191 e. The fraction of sp³-hybridized carbons (Fsp3) is 0.172. The Morgan fingerprint density at radius 2 is 0.550 bits per heavy atom. The van der Waals surface area contributed by atoms with Crippen LogP contribution in [-0.2, 0) is 20.4 Å². The summed E-state index contributed by atoms with van der Waals surface area (Å²) in [6, 6.07) is 62.6. The third-order valence-corrected chi connectivity index (χ3v) is 12.2. The van der Waals surface area contributed by atoms with Gasteiger partial charge in [-0.25, -0.2) is 0 Å². The molecular weight excluding hydrogens is 729 g/mol. The van der Waals surface area contributed by atoms with Crippen molar-refractivity contribution in [2.24, 2.45) is 10.8 Å². The van der Waals surface area contributed by atoms with Gasteiger partial charge < -0.3 is 0 Å². The van der Waals surface area contributed by atoms with E-state index in [0.29, 0.717) is 22.3 Å². The van der Waals surface area contributed by atoms with E-state index in [4.69, 9.17) is 0 Å². The van der Waals surface area contributed by atoms with Gasteiger partial charge in [-0.3, -0.25) is 9.59 Å². The second kappa shape index (κ2) is 15.8. The van der Waals surface area contributed by atoms with Crippen molar-refractivity contribution in [2.75, 3.05) is 0 Å². The predicted molar refractivity (Wildman–Crippen MR) is 247 cm³/mol. The van der Waals surface area contributed by atoms with Gasteiger partial charge in [0, 0.05) is 22.3 Å². The summed E-state index contributed by atoms with van der Waals surface area (Å²) in [5, 5.41) is 0. The number of carbonyl (C=O) groups excluding carboxylic acids is 2. The van der Waals surface area contributed by atoms with Crippen LogP contribution < -0.4 is 0 Å². The lowest BCUT2D eigenvalue weighted by atomic mass is 9.60. The van der Waals surface area contributed by atoms with Gasteiger partial charge in [0.1, 0.15) is 0 Å². The van der Waals surface area contributed by atoms with Crippen molar-refractivity contribution in [3.63, 3.8) is 0 Å². The first-order chi connectivity index (χ1) is 28.9. The van der Waals surface area contributed by atoms with Crippen LogP contribution in [0.1, 0.15) is 74.9 Å². The number of benzene rings is 6. The van der Waals surface area contributed by atoms with Gasteiger partial charge in [0.2, 0.25) is 0 Å². The minimum Gasteiger partial charge on any atom is -0.289 e. The summed E-state index contributed by atoms with van der Waals surface area (Å²) in [7, 11) is 0. The number of Topliss-reactive ketones (excluding diaryl/α,β-unsaturated/α-hetero) is 2. The third kappa shape index (κ3) is 6.90. The van der Waals surface area contributed by atoms with E-state index in [2.05, 4.69) is 163 Å². The molecule has 296 valence electrons. The molecule has 0 amide bonds. The van der Waals surface area contributed by atoms with E-state index >= 15 is 9.59 Å². The van der Waals surface area contributed by atoms with Gasteiger partial charge in [0.15, 0.2) is 11.6 Å². The maximum atomic E-state index is 16.2. The number of rotatable bonds is 8. The van der Waals surface area contributed by atoms with Crippen LogP contribution in [0.2, 0.25) is 0 Å². The molecule has 0 N–H and O–H groups in total. The standard InChI is InChI=1S/C58H52O2/c1-55(2,3)47-37-49(54(60)52(39-47)58(44-31-19-10-20-32-44,45-33-21-11-22-34-45)46-35-23-12-24-36-46)50-38-48(40-51(53(50)59)56(4,5)6)57(41-25-13-7-14-26-41,42-27-15-8-16-28-42)43-29-17-9-18-30-43/h7-40H,1-6H3/b50-49+. The van der Waals surface area contributed by atoms with Crippen molar-refractivity contribution in [1.29, 1.82) is 0 Å². The molecule has 0 bridgehead atoms. The molecule has 0 saturated carbocycles. The van der Waals surface area contributed by atoms with Gasteiger partial charge in [0.25, 0.3) is 0 Å². The highest BCUT2D eigenvalue weighted by Gasteiger charge is 2.48. The first kappa shape index (κ1) is 40.2. The van der Waals surface area contributed by atoms with E-state index < -0.39 is 16.2 Å². The Labute approximate surface area is 356 Å². The van der Waals surface area contributed by atoms with Crippen LogP contribution in [0.15, 0.2) is 240 Å². The monoisotopic (exact) mass is 780 g/mol. The summed E-state index contributed by atoms with van der Waals surface area (Å²) >= 11 is 0. The third-order valence-electron chi connectivity index (χ3n) is 12.2. The molecule has 0 aliphatic heterocycles. The molecule has 8 rings (SSSR count). The molecule has 0 aromatic heterocycles. The molecule has 60 heavy (non-hydrogen) atoms. The first-order valence-corrected chi connectivity index (χ1v) is 20.9. The van der Waals surface area contributed by atoms with Gasteiger partial charge in [-0.15, -0.1) is 0 Å². The number of allylic oxidation sites excluding steroid dienone is 10. The maximum Gasteiger partial charge on any atom is 0.191 e. The fourth-order valence-corrected chi connectivity index (χ4v) is 9.24. The predicted octanol–water partition coefficient (Wildman–Crippen LogP) is 13.3. The van der Waals surface area contributed by atoms with Crippen molar-refractivity contribution in [3.05, 3.63) is 273 Å². The first-order valence-electron chi connectivity index (χ1n) is 20.9. The minimum absolute atomic E-state index is 0.131. The summed E-state index contributed by atoms with van der Waals surface area (Å²) in [6.07, 6.45) is 8.26. The average molecular weight is 781 g/mol. The fourth-order valence-electron chi connectivity index (χ4n) is 9.24. The Kier molecular flexibility index (Phi) is 10.6. The van der Waals surface area contributed by atoms with E-state index in [-0.39, 0.29) is 17.0 Å². The Bertz CT molecular complexity index is 2490. The quantitative estimate of drug-likeness (QED) is 0.114. The van der Waals surface area contributed by atoms with Gasteiger partial charge in [-0.1, -0.05) is 224 Å². The molecule has 0 heterocycles. The van der Waals surface area contributed by atoms with Gasteiger partial charge in [0.05, 0.1) is 10.8 Å². The lowest BCUT2D eigenvalue weighted by molar-refractivity contribution is -0.115. The van der Waals surface area contributed by atoms with Crippen molar-refractivity contribution in [1.82, 2.24) is 0 Å². The van der Waals surface area contributed by atoms with Crippen LogP contribution in [0.25, 0.3) is 0 Å². The summed E-state index contributed by atoms with van der Waals surface area (Å²) in [5.41, 5.74) is 7.32. The molecule has 6 aromatic rings. The van der Waals surface area contributed by atoms with Crippen LogP contribution in [-0.4, -0.2) is 11.6 Å². The van der Waals surface area contributed by atoms with E-state index in [1.807, 2.05) is 84.9 Å². The topological polar surface area (TPSA) is 34.1 Å². The Hall–Kier alpha value is -6.64. The highest BCUT2D eigenvalue weighted by Crippen LogP contribution is 2.52. The molecule has 2 heteroatoms. The Balaban J connectivity index is 1.51. The van der Waals surface area contributed by atoms with Crippen LogP contribution in [0.4, 0.5) is 0 Å². The van der Waals surface area contributed by atoms with Crippen LogP contribution in [0.5, 0.6) is 0 Å². The molecule has 2 aliphatic carbocycles. The van der Waals surface area contributed by atoms with Gasteiger partial charge >= 0.3 is 0 Å². The zero-order chi connectivity index (χ0) is 42.1. The molecular formula is C58H52O2. The molecule has 0 radical (unpaired) electrons.